The lowest BCUT2D eigenvalue weighted by atomic mass is 9.95. The second kappa shape index (κ2) is 6.93. The summed E-state index contributed by atoms with van der Waals surface area (Å²) in [5, 5.41) is 5.69. The van der Waals surface area contributed by atoms with Crippen molar-refractivity contribution in [2.45, 2.75) is 58.6 Å². The smallest absolute Gasteiger partial charge is 0.189 e. The number of hydrogen-bond donors (Lipinski definition) is 0. The van der Waals surface area contributed by atoms with Crippen LogP contribution in [0.25, 0.3) is 16.7 Å². The van der Waals surface area contributed by atoms with Gasteiger partial charge < -0.3 is 9.30 Å². The van der Waals surface area contributed by atoms with Crippen molar-refractivity contribution in [3.63, 3.8) is 0 Å². The lowest BCUT2D eigenvalue weighted by Gasteiger charge is -2.25. The fraction of sp³-hybridized carbons (Fsp3) is 0.409. The van der Waals surface area contributed by atoms with Crippen molar-refractivity contribution in [3.05, 3.63) is 53.7 Å². The molecule has 4 aromatic rings. The molecule has 0 saturated heterocycles. The van der Waals surface area contributed by atoms with E-state index in [4.69, 9.17) is 14.7 Å². The Kier molecular flexibility index (Phi) is 4.26. The van der Waals surface area contributed by atoms with Crippen molar-refractivity contribution in [2.24, 2.45) is 0 Å². The molecule has 0 amide bonds. The fourth-order valence-corrected chi connectivity index (χ4v) is 4.44. The van der Waals surface area contributed by atoms with Gasteiger partial charge in [0.05, 0.1) is 5.39 Å². The number of fused-ring (bicyclic) bond motifs is 3. The summed E-state index contributed by atoms with van der Waals surface area (Å²) < 4.78 is 10.0. The van der Waals surface area contributed by atoms with E-state index < -0.39 is 0 Å². The highest BCUT2D eigenvalue weighted by molar-refractivity contribution is 5.94. The molecule has 1 aliphatic rings. The molecule has 0 spiro atoms. The normalized spacial score (nSPS) is 15.5. The maximum Gasteiger partial charge on any atom is 0.189 e. The zero-order chi connectivity index (χ0) is 19.1. The molecule has 6 heteroatoms. The number of para-hydroxylation sites is 1. The summed E-state index contributed by atoms with van der Waals surface area (Å²) in [5.74, 6) is 1.49. The molecule has 3 aromatic heterocycles. The van der Waals surface area contributed by atoms with Gasteiger partial charge in [0, 0.05) is 11.7 Å². The highest BCUT2D eigenvalue weighted by Gasteiger charge is 2.24. The minimum absolute atomic E-state index is 0.342. The van der Waals surface area contributed by atoms with Crippen molar-refractivity contribution >= 4 is 16.7 Å². The van der Waals surface area contributed by atoms with Gasteiger partial charge in [-0.3, -0.25) is 0 Å². The SMILES string of the molecule is Cc1c(C)n(C2CCCCC2)c2ncn3nc(COc4ccccc4)nc3c12. The van der Waals surface area contributed by atoms with E-state index in [1.165, 1.54) is 43.4 Å². The summed E-state index contributed by atoms with van der Waals surface area (Å²) in [4.78, 5) is 9.57. The summed E-state index contributed by atoms with van der Waals surface area (Å²) in [6.07, 6.45) is 8.21. The summed E-state index contributed by atoms with van der Waals surface area (Å²) >= 11 is 0. The van der Waals surface area contributed by atoms with E-state index in [-0.39, 0.29) is 0 Å². The molecule has 3 heterocycles. The molecule has 0 radical (unpaired) electrons. The van der Waals surface area contributed by atoms with Crippen LogP contribution >= 0.6 is 0 Å². The van der Waals surface area contributed by atoms with Crippen molar-refractivity contribution in [1.29, 1.82) is 0 Å². The van der Waals surface area contributed by atoms with E-state index in [9.17, 15) is 0 Å². The summed E-state index contributed by atoms with van der Waals surface area (Å²) in [5.41, 5.74) is 4.46. The van der Waals surface area contributed by atoms with Crippen LogP contribution in [0, 0.1) is 13.8 Å². The molecule has 0 N–H and O–H groups in total. The maximum atomic E-state index is 5.82. The van der Waals surface area contributed by atoms with E-state index in [1.807, 2.05) is 30.3 Å². The second-order valence-electron chi connectivity index (χ2n) is 7.71. The largest absolute Gasteiger partial charge is 0.486 e. The Labute approximate surface area is 164 Å². The Morgan fingerprint density at radius 3 is 2.61 bits per heavy atom. The van der Waals surface area contributed by atoms with Gasteiger partial charge in [0.2, 0.25) is 0 Å². The van der Waals surface area contributed by atoms with Crippen LogP contribution in [0.3, 0.4) is 0 Å². The molecule has 28 heavy (non-hydrogen) atoms. The predicted molar refractivity (Wildman–Crippen MR) is 109 cm³/mol. The van der Waals surface area contributed by atoms with Crippen LogP contribution in [0.15, 0.2) is 36.7 Å². The Morgan fingerprint density at radius 2 is 1.82 bits per heavy atom. The van der Waals surface area contributed by atoms with E-state index in [0.29, 0.717) is 18.5 Å². The molecule has 144 valence electrons. The van der Waals surface area contributed by atoms with E-state index in [2.05, 4.69) is 23.5 Å². The van der Waals surface area contributed by atoms with Gasteiger partial charge in [0.25, 0.3) is 0 Å². The molecular weight excluding hydrogens is 350 g/mol. The third-order valence-electron chi connectivity index (χ3n) is 5.97. The van der Waals surface area contributed by atoms with Crippen LogP contribution < -0.4 is 4.74 Å². The highest BCUT2D eigenvalue weighted by Crippen LogP contribution is 2.35. The third-order valence-corrected chi connectivity index (χ3v) is 5.97. The van der Waals surface area contributed by atoms with Crippen LogP contribution in [0.5, 0.6) is 5.75 Å². The summed E-state index contributed by atoms with van der Waals surface area (Å²) in [6, 6.07) is 10.3. The third kappa shape index (κ3) is 2.84. The first-order valence-corrected chi connectivity index (χ1v) is 10.1. The maximum absolute atomic E-state index is 5.82. The Hall–Kier alpha value is -2.89. The van der Waals surface area contributed by atoms with Gasteiger partial charge >= 0.3 is 0 Å². The molecule has 0 atom stereocenters. The molecule has 0 unspecified atom stereocenters. The standard InChI is InChI=1S/C22H25N5O/c1-15-16(2)27(17-9-5-3-6-10-17)21-20(15)22-24-19(25-26(22)14-23-21)13-28-18-11-7-4-8-12-18/h4,7-8,11-12,14,17H,3,5-6,9-10,13H2,1-2H3. The van der Waals surface area contributed by atoms with Crippen LogP contribution in [0.1, 0.15) is 55.2 Å². The second-order valence-corrected chi connectivity index (χ2v) is 7.71. The monoisotopic (exact) mass is 375 g/mol. The van der Waals surface area contributed by atoms with Crippen LogP contribution in [0.2, 0.25) is 0 Å². The molecule has 1 aromatic carbocycles. The first kappa shape index (κ1) is 17.2. The fourth-order valence-electron chi connectivity index (χ4n) is 4.44. The number of rotatable bonds is 4. The van der Waals surface area contributed by atoms with E-state index >= 15 is 0 Å². The molecule has 0 aliphatic heterocycles. The number of nitrogens with zero attached hydrogens (tertiary/aromatic N) is 5. The van der Waals surface area contributed by atoms with Crippen molar-refractivity contribution in [1.82, 2.24) is 24.1 Å². The van der Waals surface area contributed by atoms with Crippen molar-refractivity contribution < 1.29 is 4.74 Å². The number of benzene rings is 1. The van der Waals surface area contributed by atoms with Crippen LogP contribution in [-0.2, 0) is 6.61 Å². The highest BCUT2D eigenvalue weighted by atomic mass is 16.5. The minimum atomic E-state index is 0.342. The molecule has 0 bridgehead atoms. The van der Waals surface area contributed by atoms with Gasteiger partial charge in [-0.15, -0.1) is 5.10 Å². The molecule has 1 fully saturated rings. The summed E-state index contributed by atoms with van der Waals surface area (Å²) in [6.45, 7) is 4.72. The van der Waals surface area contributed by atoms with Gasteiger partial charge in [0.15, 0.2) is 11.5 Å². The van der Waals surface area contributed by atoms with Crippen LogP contribution in [-0.4, -0.2) is 24.1 Å². The average Bonchev–Trinajstić information content (AvgIpc) is 3.26. The molecule has 5 rings (SSSR count). The minimum Gasteiger partial charge on any atom is -0.486 e. The van der Waals surface area contributed by atoms with Gasteiger partial charge in [-0.05, 0) is 44.4 Å². The summed E-state index contributed by atoms with van der Waals surface area (Å²) in [7, 11) is 0. The van der Waals surface area contributed by atoms with E-state index in [1.54, 1.807) is 10.8 Å². The Balaban J connectivity index is 1.55. The molecule has 1 saturated carbocycles. The van der Waals surface area contributed by atoms with Crippen LogP contribution in [0.4, 0.5) is 0 Å². The lowest BCUT2D eigenvalue weighted by Crippen LogP contribution is -2.14. The quantitative estimate of drug-likeness (QED) is 0.515. The number of aryl methyl sites for hydroxylation is 1. The van der Waals surface area contributed by atoms with Crippen molar-refractivity contribution in [2.75, 3.05) is 0 Å². The topological polar surface area (TPSA) is 57.2 Å². The van der Waals surface area contributed by atoms with Gasteiger partial charge in [-0.25, -0.2) is 14.5 Å². The van der Waals surface area contributed by atoms with E-state index in [0.717, 1.165) is 22.4 Å². The zero-order valence-corrected chi connectivity index (χ0v) is 16.4. The molecular formula is C22H25N5O. The van der Waals surface area contributed by atoms with Gasteiger partial charge in [0.1, 0.15) is 24.3 Å². The van der Waals surface area contributed by atoms with Gasteiger partial charge in [-0.2, -0.15) is 0 Å². The number of hydrogen-bond acceptors (Lipinski definition) is 4. The number of aromatic nitrogens is 5. The zero-order valence-electron chi connectivity index (χ0n) is 16.4. The predicted octanol–water partition coefficient (Wildman–Crippen LogP) is 4.78. The average molecular weight is 375 g/mol. The lowest BCUT2D eigenvalue weighted by molar-refractivity contribution is 0.296. The Morgan fingerprint density at radius 1 is 1.04 bits per heavy atom. The van der Waals surface area contributed by atoms with Crippen molar-refractivity contribution in [3.8, 4) is 5.75 Å². The first-order valence-electron chi connectivity index (χ1n) is 10.1. The Bertz CT molecular complexity index is 1120. The first-order chi connectivity index (χ1) is 13.7. The molecule has 6 nitrogen and oxygen atoms in total. The van der Waals surface area contributed by atoms with Gasteiger partial charge in [-0.1, -0.05) is 37.5 Å². The number of ether oxygens (including phenoxy) is 1. The molecule has 1 aliphatic carbocycles.